The molecule has 0 amide bonds. The van der Waals surface area contributed by atoms with Gasteiger partial charge < -0.3 is 0 Å². The average Bonchev–Trinajstić information content (AvgIpc) is 2.46. The fourth-order valence-corrected chi connectivity index (χ4v) is 3.39. The fraction of sp³-hybridized carbons (Fsp3) is 0.550. The summed E-state index contributed by atoms with van der Waals surface area (Å²) in [5.74, 6) is 0.672. The molecule has 0 N–H and O–H groups in total. The summed E-state index contributed by atoms with van der Waals surface area (Å²) in [6, 6.07) is 11.1. The Balaban J connectivity index is 2.20. The summed E-state index contributed by atoms with van der Waals surface area (Å²) >= 11 is 0. The fourth-order valence-electron chi connectivity index (χ4n) is 3.39. The molecular weight excluding hydrogens is 254 g/mol. The van der Waals surface area contributed by atoms with Crippen LogP contribution in [-0.2, 0) is 5.41 Å². The topological polar surface area (TPSA) is 12.9 Å². The number of nitrogens with zero attached hydrogens (tertiary/aromatic N) is 1. The van der Waals surface area contributed by atoms with Gasteiger partial charge in [-0.05, 0) is 54.4 Å². The highest BCUT2D eigenvalue weighted by molar-refractivity contribution is 5.82. The van der Waals surface area contributed by atoms with Crippen LogP contribution in [0.1, 0.15) is 75.6 Å². The highest BCUT2D eigenvalue weighted by Gasteiger charge is 2.22. The van der Waals surface area contributed by atoms with Crippen LogP contribution in [0.4, 0.5) is 0 Å². The molecular formula is C20H25N. The number of fused-ring (bicyclic) bond motifs is 1. The van der Waals surface area contributed by atoms with E-state index in [1.54, 1.807) is 0 Å². The van der Waals surface area contributed by atoms with Gasteiger partial charge in [0.15, 0.2) is 0 Å². The molecule has 1 heterocycles. The van der Waals surface area contributed by atoms with Gasteiger partial charge in [0.2, 0.25) is 0 Å². The van der Waals surface area contributed by atoms with Crippen LogP contribution in [0.25, 0.3) is 10.9 Å². The molecule has 2 aromatic rings. The molecule has 0 atom stereocenters. The Kier molecular flexibility index (Phi) is 3.66. The first-order chi connectivity index (χ1) is 9.95. The molecule has 0 radical (unpaired) electrons. The van der Waals surface area contributed by atoms with Gasteiger partial charge in [-0.3, -0.25) is 0 Å². The Morgan fingerprint density at radius 3 is 2.43 bits per heavy atom. The normalized spacial score (nSPS) is 17.0. The molecule has 21 heavy (non-hydrogen) atoms. The van der Waals surface area contributed by atoms with Crippen molar-refractivity contribution in [2.45, 2.75) is 71.1 Å². The highest BCUT2D eigenvalue weighted by Crippen LogP contribution is 2.38. The maximum absolute atomic E-state index is 4.79. The Morgan fingerprint density at radius 1 is 1.05 bits per heavy atom. The minimum atomic E-state index is 0.163. The number of rotatable bonds is 1. The Bertz CT molecular complexity index is 643. The number of hydrogen-bond donors (Lipinski definition) is 0. The van der Waals surface area contributed by atoms with Crippen LogP contribution in [0, 0.1) is 19.1 Å². The summed E-state index contributed by atoms with van der Waals surface area (Å²) < 4.78 is 0. The van der Waals surface area contributed by atoms with Gasteiger partial charge >= 0.3 is 0 Å². The second-order valence-electron chi connectivity index (χ2n) is 7.49. The molecule has 110 valence electrons. The molecule has 1 fully saturated rings. The lowest BCUT2D eigenvalue weighted by molar-refractivity contribution is 0.444. The van der Waals surface area contributed by atoms with E-state index in [9.17, 15) is 0 Å². The van der Waals surface area contributed by atoms with Crippen molar-refractivity contribution in [1.29, 1.82) is 0 Å². The maximum Gasteiger partial charge on any atom is 0.0879 e. The molecule has 1 nitrogen and oxygen atoms in total. The third-order valence-electron chi connectivity index (χ3n) is 4.71. The summed E-state index contributed by atoms with van der Waals surface area (Å²) in [4.78, 5) is 4.79. The maximum atomic E-state index is 4.79. The number of aryl methyl sites for hydroxylation is 1. The van der Waals surface area contributed by atoms with E-state index in [4.69, 9.17) is 4.98 Å². The third kappa shape index (κ3) is 2.91. The monoisotopic (exact) mass is 279 g/mol. The van der Waals surface area contributed by atoms with Gasteiger partial charge in [-0.1, -0.05) is 52.2 Å². The third-order valence-corrected chi connectivity index (χ3v) is 4.71. The lowest BCUT2D eigenvalue weighted by Gasteiger charge is -2.26. The average molecular weight is 279 g/mol. The van der Waals surface area contributed by atoms with E-state index in [0.29, 0.717) is 5.92 Å². The van der Waals surface area contributed by atoms with Crippen LogP contribution < -0.4 is 0 Å². The highest BCUT2D eigenvalue weighted by atomic mass is 14.7. The van der Waals surface area contributed by atoms with Crippen LogP contribution in [-0.4, -0.2) is 4.98 Å². The molecule has 3 rings (SSSR count). The van der Waals surface area contributed by atoms with Gasteiger partial charge in [-0.2, -0.15) is 0 Å². The van der Waals surface area contributed by atoms with Gasteiger partial charge in [0.1, 0.15) is 0 Å². The van der Waals surface area contributed by atoms with E-state index in [1.807, 2.05) is 6.92 Å². The van der Waals surface area contributed by atoms with Crippen molar-refractivity contribution < 1.29 is 0 Å². The second kappa shape index (κ2) is 5.34. The van der Waals surface area contributed by atoms with E-state index in [0.717, 1.165) is 16.6 Å². The predicted octanol–water partition coefficient (Wildman–Crippen LogP) is 5.49. The lowest BCUT2D eigenvalue weighted by Crippen LogP contribution is -2.13. The summed E-state index contributed by atoms with van der Waals surface area (Å²) in [7, 11) is 0. The van der Waals surface area contributed by atoms with E-state index in [1.165, 1.54) is 43.2 Å². The van der Waals surface area contributed by atoms with E-state index >= 15 is 0 Å². The van der Waals surface area contributed by atoms with Crippen molar-refractivity contribution in [3.8, 4) is 0 Å². The molecule has 0 unspecified atom stereocenters. The molecule has 0 aliphatic heterocycles. The molecule has 1 aromatic carbocycles. The van der Waals surface area contributed by atoms with E-state index in [-0.39, 0.29) is 5.41 Å². The summed E-state index contributed by atoms with van der Waals surface area (Å²) in [5.41, 5.74) is 5.11. The molecule has 1 aromatic heterocycles. The zero-order chi connectivity index (χ0) is 15.0. The molecule has 0 bridgehead atoms. The van der Waals surface area contributed by atoms with Gasteiger partial charge in [0, 0.05) is 0 Å². The van der Waals surface area contributed by atoms with Crippen molar-refractivity contribution in [2.75, 3.05) is 0 Å². The van der Waals surface area contributed by atoms with E-state index in [2.05, 4.69) is 45.0 Å². The van der Waals surface area contributed by atoms with Crippen molar-refractivity contribution in [3.63, 3.8) is 0 Å². The van der Waals surface area contributed by atoms with Crippen LogP contribution in [0.5, 0.6) is 0 Å². The van der Waals surface area contributed by atoms with Gasteiger partial charge in [-0.15, -0.1) is 0 Å². The molecule has 0 spiro atoms. The molecule has 1 aliphatic rings. The minimum absolute atomic E-state index is 0.163. The smallest absolute Gasteiger partial charge is 0.0879 e. The summed E-state index contributed by atoms with van der Waals surface area (Å²) in [5, 5.41) is 1.13. The predicted molar refractivity (Wildman–Crippen MR) is 88.7 cm³/mol. The SMILES string of the molecule is Cc1c#cc2cc(C(C)(C)C)cc(C3CCCCC3)c2n1. The second-order valence-corrected chi connectivity index (χ2v) is 7.49. The van der Waals surface area contributed by atoms with Crippen molar-refractivity contribution >= 4 is 10.9 Å². The standard InChI is InChI=1S/C20H25N/c1-14-10-11-16-12-17(20(2,3)4)13-18(19(16)21-14)15-8-6-5-7-9-15/h12-13,15H,5-9H2,1-4H3. The number of hydrogen-bond acceptors (Lipinski definition) is 1. The van der Waals surface area contributed by atoms with Crippen molar-refractivity contribution in [2.24, 2.45) is 0 Å². The molecule has 1 heteroatoms. The molecule has 1 aliphatic carbocycles. The largest absolute Gasteiger partial charge is 0.243 e. The van der Waals surface area contributed by atoms with Gasteiger partial charge in [0.25, 0.3) is 0 Å². The zero-order valence-electron chi connectivity index (χ0n) is 13.7. The van der Waals surface area contributed by atoms with Crippen molar-refractivity contribution in [1.82, 2.24) is 4.98 Å². The van der Waals surface area contributed by atoms with Crippen LogP contribution in [0.15, 0.2) is 12.1 Å². The first-order valence-corrected chi connectivity index (χ1v) is 8.21. The quantitative estimate of drug-likeness (QED) is 0.672. The molecule has 1 saturated carbocycles. The van der Waals surface area contributed by atoms with Gasteiger partial charge in [-0.25, -0.2) is 4.98 Å². The Labute approximate surface area is 128 Å². The number of aromatic nitrogens is 1. The minimum Gasteiger partial charge on any atom is -0.243 e. The first-order valence-electron chi connectivity index (χ1n) is 8.21. The van der Waals surface area contributed by atoms with E-state index < -0.39 is 0 Å². The Hall–Kier alpha value is -1.55. The van der Waals surface area contributed by atoms with Crippen LogP contribution >= 0.6 is 0 Å². The number of benzene rings is 1. The zero-order valence-corrected chi connectivity index (χ0v) is 13.7. The molecule has 0 saturated heterocycles. The van der Waals surface area contributed by atoms with Crippen molar-refractivity contribution in [3.05, 3.63) is 41.1 Å². The summed E-state index contributed by atoms with van der Waals surface area (Å²) in [6.45, 7) is 8.86. The van der Waals surface area contributed by atoms with Crippen LogP contribution in [0.3, 0.4) is 0 Å². The lowest BCUT2D eigenvalue weighted by atomic mass is 9.79. The summed E-state index contributed by atoms with van der Waals surface area (Å²) in [6.07, 6.45) is 6.71. The van der Waals surface area contributed by atoms with Crippen LogP contribution in [0.2, 0.25) is 0 Å². The first kappa shape index (κ1) is 14.4. The Morgan fingerprint density at radius 2 is 1.76 bits per heavy atom. The van der Waals surface area contributed by atoms with Gasteiger partial charge in [0.05, 0.1) is 16.6 Å².